The summed E-state index contributed by atoms with van der Waals surface area (Å²) >= 11 is 0. The van der Waals surface area contributed by atoms with Crippen molar-refractivity contribution in [1.82, 2.24) is 15.1 Å². The number of carbonyl (C=O) groups excluding carboxylic acids is 1. The molecular weight excluding hydrogens is 492 g/mol. The topological polar surface area (TPSA) is 74.3 Å². The van der Waals surface area contributed by atoms with Gasteiger partial charge in [-0.3, -0.25) is 14.6 Å². The maximum Gasteiger partial charge on any atom is 0.222 e. The quantitative estimate of drug-likeness (QED) is 0.575. The molecule has 2 aromatic carbocycles. The number of hydrogen-bond donors (Lipinski definition) is 2. The van der Waals surface area contributed by atoms with E-state index in [1.807, 2.05) is 23.1 Å². The molecule has 9 heteroatoms. The van der Waals surface area contributed by atoms with Crippen LogP contribution in [0, 0.1) is 11.6 Å². The van der Waals surface area contributed by atoms with E-state index >= 15 is 0 Å². The maximum atomic E-state index is 14.4. The Morgan fingerprint density at radius 2 is 1.87 bits per heavy atom. The van der Waals surface area contributed by atoms with E-state index in [2.05, 4.69) is 22.3 Å². The van der Waals surface area contributed by atoms with Crippen LogP contribution in [0.2, 0.25) is 0 Å². The van der Waals surface area contributed by atoms with Crippen molar-refractivity contribution >= 4 is 5.91 Å². The fraction of sp³-hybridized carbons (Fsp3) is 0.552. The molecule has 0 aliphatic carbocycles. The summed E-state index contributed by atoms with van der Waals surface area (Å²) in [7, 11) is 0. The molecule has 206 valence electrons. The van der Waals surface area contributed by atoms with Crippen molar-refractivity contribution in [2.24, 2.45) is 0 Å². The Labute approximate surface area is 222 Å². The Balaban J connectivity index is 1.14. The number of likely N-dealkylation sites (tertiary alicyclic amines) is 1. The van der Waals surface area contributed by atoms with Crippen molar-refractivity contribution in [3.63, 3.8) is 0 Å². The summed E-state index contributed by atoms with van der Waals surface area (Å²) in [4.78, 5) is 17.2. The van der Waals surface area contributed by atoms with Gasteiger partial charge in [0.2, 0.25) is 5.91 Å². The van der Waals surface area contributed by atoms with Crippen LogP contribution in [-0.2, 0) is 27.4 Å². The van der Waals surface area contributed by atoms with Crippen LogP contribution in [0.5, 0.6) is 0 Å². The number of aliphatic hydroxyl groups excluding tert-OH is 1. The first-order chi connectivity index (χ1) is 18.4. The lowest BCUT2D eigenvalue weighted by atomic mass is 9.94. The summed E-state index contributed by atoms with van der Waals surface area (Å²) in [5, 5.41) is 13.5. The summed E-state index contributed by atoms with van der Waals surface area (Å²) in [6.45, 7) is 3.52. The number of fused-ring (bicyclic) bond motifs is 1. The normalized spacial score (nSPS) is 28.9. The fourth-order valence-corrected chi connectivity index (χ4v) is 5.94. The van der Waals surface area contributed by atoms with Crippen molar-refractivity contribution in [2.75, 3.05) is 32.8 Å². The second-order valence-electron chi connectivity index (χ2n) is 10.8. The Kier molecular flexibility index (Phi) is 9.01. The molecule has 2 N–H and O–H groups in total. The van der Waals surface area contributed by atoms with Gasteiger partial charge in [0.25, 0.3) is 0 Å². The highest BCUT2D eigenvalue weighted by Crippen LogP contribution is 2.29. The van der Waals surface area contributed by atoms with E-state index in [1.165, 1.54) is 11.6 Å². The molecule has 7 nitrogen and oxygen atoms in total. The molecule has 0 spiro atoms. The number of nitrogens with zero attached hydrogens (tertiary/aromatic N) is 2. The van der Waals surface area contributed by atoms with E-state index in [9.17, 15) is 18.7 Å². The number of β-amino-alcohol motifs (C(OH)–C–C–N with tert-alkyl or cyclic N) is 1. The first-order valence-corrected chi connectivity index (χ1v) is 13.6. The summed E-state index contributed by atoms with van der Waals surface area (Å²) in [6.07, 6.45) is 1.29. The van der Waals surface area contributed by atoms with Gasteiger partial charge >= 0.3 is 0 Å². The molecule has 1 amide bonds. The van der Waals surface area contributed by atoms with Gasteiger partial charge in [-0.25, -0.2) is 8.78 Å². The van der Waals surface area contributed by atoms with Gasteiger partial charge < -0.3 is 19.9 Å². The van der Waals surface area contributed by atoms with Crippen LogP contribution in [0.4, 0.5) is 8.78 Å². The summed E-state index contributed by atoms with van der Waals surface area (Å²) in [5.41, 5.74) is 1.52. The molecule has 3 aliphatic heterocycles. The largest absolute Gasteiger partial charge is 0.389 e. The Morgan fingerprint density at radius 3 is 2.71 bits per heavy atom. The SMILES string of the molecule is O=C(C[C@@H]1CC[C@@H]2[C@H](COC[C@@H](O)CN2Cc2cc(F)ccc2F)O1)N[C@H]1CCN(Cc2ccccc2)C1. The molecule has 0 radical (unpaired) electrons. The van der Waals surface area contributed by atoms with E-state index < -0.39 is 17.7 Å². The van der Waals surface area contributed by atoms with Gasteiger partial charge in [0.1, 0.15) is 11.6 Å². The molecule has 5 rings (SSSR count). The number of ether oxygens (including phenoxy) is 2. The van der Waals surface area contributed by atoms with Crippen LogP contribution in [-0.4, -0.2) is 84.1 Å². The summed E-state index contributed by atoms with van der Waals surface area (Å²) < 4.78 is 40.2. The van der Waals surface area contributed by atoms with E-state index in [0.717, 1.165) is 38.2 Å². The van der Waals surface area contributed by atoms with Crippen molar-refractivity contribution in [3.8, 4) is 0 Å². The minimum atomic E-state index is -0.732. The van der Waals surface area contributed by atoms with E-state index in [4.69, 9.17) is 9.47 Å². The number of aliphatic hydroxyl groups is 1. The zero-order valence-electron chi connectivity index (χ0n) is 21.6. The highest BCUT2D eigenvalue weighted by Gasteiger charge is 2.38. The number of hydrogen-bond acceptors (Lipinski definition) is 6. The van der Waals surface area contributed by atoms with Crippen molar-refractivity contribution in [3.05, 3.63) is 71.3 Å². The maximum absolute atomic E-state index is 14.4. The van der Waals surface area contributed by atoms with Gasteiger partial charge in [0.05, 0.1) is 37.9 Å². The minimum absolute atomic E-state index is 0.0131. The molecule has 0 bridgehead atoms. The third kappa shape index (κ3) is 7.15. The number of halogens is 2. The first kappa shape index (κ1) is 27.1. The Morgan fingerprint density at radius 1 is 1.03 bits per heavy atom. The molecule has 3 aliphatic rings. The molecule has 3 heterocycles. The van der Waals surface area contributed by atoms with Crippen LogP contribution < -0.4 is 5.32 Å². The third-order valence-corrected chi connectivity index (χ3v) is 7.77. The lowest BCUT2D eigenvalue weighted by Gasteiger charge is -2.44. The highest BCUT2D eigenvalue weighted by molar-refractivity contribution is 5.76. The lowest BCUT2D eigenvalue weighted by Crippen LogP contribution is -2.55. The van der Waals surface area contributed by atoms with Crippen LogP contribution >= 0.6 is 0 Å². The number of nitrogens with one attached hydrogen (secondary N) is 1. The van der Waals surface area contributed by atoms with Gasteiger partial charge in [-0.05, 0) is 43.0 Å². The lowest BCUT2D eigenvalue weighted by molar-refractivity contribution is -0.158. The third-order valence-electron chi connectivity index (χ3n) is 7.77. The van der Waals surface area contributed by atoms with Crippen LogP contribution in [0.25, 0.3) is 0 Å². The zero-order chi connectivity index (χ0) is 26.5. The highest BCUT2D eigenvalue weighted by atomic mass is 19.1. The predicted molar refractivity (Wildman–Crippen MR) is 138 cm³/mol. The zero-order valence-corrected chi connectivity index (χ0v) is 21.6. The molecule has 2 aromatic rings. The predicted octanol–water partition coefficient (Wildman–Crippen LogP) is 2.85. The summed E-state index contributed by atoms with van der Waals surface area (Å²) in [5.74, 6) is -0.984. The molecule has 0 aromatic heterocycles. The molecule has 3 saturated heterocycles. The molecule has 0 unspecified atom stereocenters. The number of carbonyl (C=O) groups is 1. The molecular formula is C29H37F2N3O4. The van der Waals surface area contributed by atoms with Crippen LogP contribution in [0.1, 0.15) is 36.8 Å². The van der Waals surface area contributed by atoms with Crippen molar-refractivity contribution in [2.45, 2.75) is 69.2 Å². The first-order valence-electron chi connectivity index (χ1n) is 13.6. The standard InChI is InChI=1S/C29H37F2N3O4/c30-22-6-8-26(31)21(12-22)15-34-17-24(35)18-37-19-28-27(34)9-7-25(38-28)13-29(36)32-23-10-11-33(16-23)14-20-4-2-1-3-5-20/h1-6,8,12,23-25,27-28,35H,7,9-11,13-19H2,(H,32,36)/t23-,24-,25-,27+,28-/m0/s1. The fourth-order valence-electron chi connectivity index (χ4n) is 5.94. The van der Waals surface area contributed by atoms with Gasteiger partial charge in [-0.1, -0.05) is 30.3 Å². The minimum Gasteiger partial charge on any atom is -0.389 e. The Bertz CT molecular complexity index is 1080. The van der Waals surface area contributed by atoms with E-state index in [-0.39, 0.29) is 68.5 Å². The number of amides is 1. The van der Waals surface area contributed by atoms with E-state index in [0.29, 0.717) is 12.8 Å². The molecule has 5 atom stereocenters. The second-order valence-corrected chi connectivity index (χ2v) is 10.8. The smallest absolute Gasteiger partial charge is 0.222 e. The molecule has 0 saturated carbocycles. The average Bonchev–Trinajstić information content (AvgIpc) is 3.32. The average molecular weight is 530 g/mol. The van der Waals surface area contributed by atoms with Crippen molar-refractivity contribution < 1.29 is 28.2 Å². The van der Waals surface area contributed by atoms with E-state index in [1.54, 1.807) is 0 Å². The number of rotatable bonds is 7. The second kappa shape index (κ2) is 12.6. The molecule has 38 heavy (non-hydrogen) atoms. The van der Waals surface area contributed by atoms with Gasteiger partial charge in [0.15, 0.2) is 0 Å². The molecule has 3 fully saturated rings. The van der Waals surface area contributed by atoms with Crippen LogP contribution in [0.15, 0.2) is 48.5 Å². The van der Waals surface area contributed by atoms with Crippen LogP contribution in [0.3, 0.4) is 0 Å². The van der Waals surface area contributed by atoms with Gasteiger partial charge in [-0.2, -0.15) is 0 Å². The summed E-state index contributed by atoms with van der Waals surface area (Å²) in [6, 6.07) is 13.8. The number of benzene rings is 2. The van der Waals surface area contributed by atoms with Gasteiger partial charge in [-0.15, -0.1) is 0 Å². The van der Waals surface area contributed by atoms with Crippen molar-refractivity contribution in [1.29, 1.82) is 0 Å². The Hall–Kier alpha value is -2.43. The monoisotopic (exact) mass is 529 g/mol. The van der Waals surface area contributed by atoms with Gasteiger partial charge in [0, 0.05) is 50.4 Å².